The van der Waals surface area contributed by atoms with E-state index in [1.54, 1.807) is 6.07 Å². The van der Waals surface area contributed by atoms with Crippen LogP contribution >= 0.6 is 0 Å². The zero-order valence-corrected chi connectivity index (χ0v) is 16.4. The summed E-state index contributed by atoms with van der Waals surface area (Å²) in [6, 6.07) is 16.7. The Hall–Kier alpha value is -3.16. The average Bonchev–Trinajstić information content (AvgIpc) is 2.71. The highest BCUT2D eigenvalue weighted by Gasteiger charge is 2.16. The molecule has 0 saturated carbocycles. The lowest BCUT2D eigenvalue weighted by atomic mass is 10.1. The van der Waals surface area contributed by atoms with Crippen molar-refractivity contribution in [2.24, 2.45) is 0 Å². The average molecular weight is 391 g/mol. The maximum atomic E-state index is 12.3. The Labute approximate surface area is 169 Å². The first-order chi connectivity index (χ1) is 14.1. The van der Waals surface area contributed by atoms with Gasteiger partial charge in [0.2, 0.25) is 11.5 Å². The van der Waals surface area contributed by atoms with Gasteiger partial charge in [0, 0.05) is 49.0 Å². The Kier molecular flexibility index (Phi) is 5.59. The number of amides is 1. The molecule has 0 unspecified atom stereocenters. The number of nitrogens with zero attached hydrogens (tertiary/aromatic N) is 2. The van der Waals surface area contributed by atoms with Crippen LogP contribution in [0.25, 0.3) is 10.9 Å². The Morgan fingerprint density at radius 1 is 1.00 bits per heavy atom. The zero-order chi connectivity index (χ0) is 20.2. The summed E-state index contributed by atoms with van der Waals surface area (Å²) in [5.74, 6) is -0.00384. The van der Waals surface area contributed by atoms with Gasteiger partial charge in [0.15, 0.2) is 0 Å². The van der Waals surface area contributed by atoms with E-state index in [2.05, 4.69) is 32.5 Å². The molecule has 2 heterocycles. The number of nitrogens with one attached hydrogen (secondary N) is 3. The van der Waals surface area contributed by atoms with Crippen LogP contribution in [0.2, 0.25) is 0 Å². The number of piperazine rings is 1. The molecular formula is C22H25N5O2. The summed E-state index contributed by atoms with van der Waals surface area (Å²) in [6.07, 6.45) is 0. The topological polar surface area (TPSA) is 80.5 Å². The van der Waals surface area contributed by atoms with E-state index in [0.717, 1.165) is 54.1 Å². The highest BCUT2D eigenvalue weighted by atomic mass is 16.2. The van der Waals surface area contributed by atoms with Gasteiger partial charge >= 0.3 is 0 Å². The third-order valence-corrected chi connectivity index (χ3v) is 5.16. The Bertz CT molecular complexity index is 1050. The highest BCUT2D eigenvalue weighted by Crippen LogP contribution is 2.24. The number of rotatable bonds is 5. The SMILES string of the molecule is CN1CCN(CC(=O)Nc2ccc(Nc3cc(=O)[nH]c4ccccc34)cc2)CC1. The summed E-state index contributed by atoms with van der Waals surface area (Å²) >= 11 is 0. The fourth-order valence-electron chi connectivity index (χ4n) is 3.51. The molecular weight excluding hydrogens is 366 g/mol. The van der Waals surface area contributed by atoms with Gasteiger partial charge in [-0.2, -0.15) is 0 Å². The number of hydrogen-bond acceptors (Lipinski definition) is 5. The second-order valence-corrected chi connectivity index (χ2v) is 7.42. The standard InChI is InChI=1S/C22H25N5O2/c1-26-10-12-27(13-11-26)15-22(29)24-17-8-6-16(7-9-17)23-20-14-21(28)25-19-5-3-2-4-18(19)20/h2-9,14H,10-13,15H2,1H3,(H,24,29)(H2,23,25,28). The molecule has 1 fully saturated rings. The monoisotopic (exact) mass is 391 g/mol. The van der Waals surface area contributed by atoms with Crippen molar-refractivity contribution in [1.29, 1.82) is 0 Å². The zero-order valence-electron chi connectivity index (χ0n) is 16.4. The number of fused-ring (bicyclic) bond motifs is 1. The van der Waals surface area contributed by atoms with E-state index in [9.17, 15) is 9.59 Å². The van der Waals surface area contributed by atoms with Crippen molar-refractivity contribution in [3.8, 4) is 0 Å². The maximum absolute atomic E-state index is 12.3. The summed E-state index contributed by atoms with van der Waals surface area (Å²) in [6.45, 7) is 4.22. The van der Waals surface area contributed by atoms with E-state index in [1.165, 1.54) is 0 Å². The number of H-pyrrole nitrogens is 1. The number of carbonyl (C=O) groups excluding carboxylic acids is 1. The number of pyridine rings is 1. The lowest BCUT2D eigenvalue weighted by molar-refractivity contribution is -0.117. The molecule has 29 heavy (non-hydrogen) atoms. The summed E-state index contributed by atoms with van der Waals surface area (Å²) in [4.78, 5) is 31.5. The molecule has 2 aromatic carbocycles. The number of likely N-dealkylation sites (N-methyl/N-ethyl adjacent to an activating group) is 1. The Balaban J connectivity index is 1.40. The molecule has 7 heteroatoms. The van der Waals surface area contributed by atoms with Crippen LogP contribution in [0.3, 0.4) is 0 Å². The van der Waals surface area contributed by atoms with Crippen LogP contribution in [-0.2, 0) is 4.79 Å². The number of hydrogen-bond donors (Lipinski definition) is 3. The molecule has 1 amide bonds. The number of aromatic amines is 1. The van der Waals surface area contributed by atoms with Gasteiger partial charge in [-0.1, -0.05) is 18.2 Å². The fourth-order valence-corrected chi connectivity index (χ4v) is 3.51. The third kappa shape index (κ3) is 4.82. The first-order valence-electron chi connectivity index (χ1n) is 9.77. The van der Waals surface area contributed by atoms with Gasteiger partial charge in [0.25, 0.3) is 0 Å². The number of carbonyl (C=O) groups is 1. The van der Waals surface area contributed by atoms with Crippen molar-refractivity contribution in [3.63, 3.8) is 0 Å². The minimum absolute atomic E-state index is 0.00384. The lowest BCUT2D eigenvalue weighted by Gasteiger charge is -2.31. The van der Waals surface area contributed by atoms with Gasteiger partial charge in [-0.05, 0) is 37.4 Å². The van der Waals surface area contributed by atoms with E-state index in [0.29, 0.717) is 6.54 Å². The molecule has 0 atom stereocenters. The van der Waals surface area contributed by atoms with E-state index >= 15 is 0 Å². The minimum Gasteiger partial charge on any atom is -0.355 e. The van der Waals surface area contributed by atoms with Gasteiger partial charge in [0.05, 0.1) is 17.7 Å². The Morgan fingerprint density at radius 3 is 2.45 bits per heavy atom. The van der Waals surface area contributed by atoms with Gasteiger partial charge in [-0.25, -0.2) is 0 Å². The van der Waals surface area contributed by atoms with Gasteiger partial charge in [0.1, 0.15) is 0 Å². The molecule has 0 spiro atoms. The molecule has 0 radical (unpaired) electrons. The van der Waals surface area contributed by atoms with Crippen LogP contribution in [-0.4, -0.2) is 60.5 Å². The first-order valence-corrected chi connectivity index (χ1v) is 9.77. The van der Waals surface area contributed by atoms with Crippen molar-refractivity contribution in [2.75, 3.05) is 50.4 Å². The molecule has 1 aromatic heterocycles. The van der Waals surface area contributed by atoms with Crippen LogP contribution in [0.1, 0.15) is 0 Å². The van der Waals surface area contributed by atoms with Crippen molar-refractivity contribution >= 4 is 33.9 Å². The number of aromatic nitrogens is 1. The van der Waals surface area contributed by atoms with Crippen LogP contribution in [0.5, 0.6) is 0 Å². The van der Waals surface area contributed by atoms with E-state index in [4.69, 9.17) is 0 Å². The molecule has 1 aliphatic rings. The minimum atomic E-state index is -0.154. The van der Waals surface area contributed by atoms with Crippen LogP contribution in [0.4, 0.5) is 17.1 Å². The summed E-state index contributed by atoms with van der Waals surface area (Å²) in [5.41, 5.74) is 2.98. The van der Waals surface area contributed by atoms with Gasteiger partial charge in [-0.3, -0.25) is 14.5 Å². The van der Waals surface area contributed by atoms with Crippen molar-refractivity contribution < 1.29 is 4.79 Å². The molecule has 3 N–H and O–H groups in total. The molecule has 7 nitrogen and oxygen atoms in total. The summed E-state index contributed by atoms with van der Waals surface area (Å²) < 4.78 is 0. The van der Waals surface area contributed by atoms with Crippen LogP contribution in [0.15, 0.2) is 59.4 Å². The Morgan fingerprint density at radius 2 is 1.69 bits per heavy atom. The van der Waals surface area contributed by atoms with Crippen molar-refractivity contribution in [3.05, 3.63) is 65.0 Å². The maximum Gasteiger partial charge on any atom is 0.250 e. The fraction of sp³-hybridized carbons (Fsp3) is 0.273. The van der Waals surface area contributed by atoms with E-state index in [1.807, 2.05) is 48.5 Å². The van der Waals surface area contributed by atoms with Crippen LogP contribution in [0, 0.1) is 0 Å². The number of benzene rings is 2. The van der Waals surface area contributed by atoms with Crippen LogP contribution < -0.4 is 16.2 Å². The molecule has 1 saturated heterocycles. The largest absolute Gasteiger partial charge is 0.355 e. The molecule has 1 aliphatic heterocycles. The second kappa shape index (κ2) is 8.46. The molecule has 4 rings (SSSR count). The normalized spacial score (nSPS) is 15.3. The summed E-state index contributed by atoms with van der Waals surface area (Å²) in [7, 11) is 2.10. The molecule has 0 aliphatic carbocycles. The third-order valence-electron chi connectivity index (χ3n) is 5.16. The van der Waals surface area contributed by atoms with Crippen molar-refractivity contribution in [2.45, 2.75) is 0 Å². The van der Waals surface area contributed by atoms with Gasteiger partial charge in [-0.15, -0.1) is 0 Å². The first kappa shape index (κ1) is 19.2. The predicted octanol–water partition coefficient (Wildman–Crippen LogP) is 2.46. The van der Waals surface area contributed by atoms with Crippen molar-refractivity contribution in [1.82, 2.24) is 14.8 Å². The predicted molar refractivity (Wildman–Crippen MR) is 117 cm³/mol. The second-order valence-electron chi connectivity index (χ2n) is 7.42. The van der Waals surface area contributed by atoms with E-state index in [-0.39, 0.29) is 11.5 Å². The number of para-hydroxylation sites is 1. The smallest absolute Gasteiger partial charge is 0.250 e. The molecule has 3 aromatic rings. The molecule has 150 valence electrons. The highest BCUT2D eigenvalue weighted by molar-refractivity contribution is 5.94. The number of anilines is 3. The lowest BCUT2D eigenvalue weighted by Crippen LogP contribution is -2.47. The van der Waals surface area contributed by atoms with E-state index < -0.39 is 0 Å². The summed E-state index contributed by atoms with van der Waals surface area (Å²) in [5, 5.41) is 7.19. The van der Waals surface area contributed by atoms with Gasteiger partial charge < -0.3 is 20.5 Å². The quantitative estimate of drug-likeness (QED) is 0.623. The molecule has 0 bridgehead atoms.